The van der Waals surface area contributed by atoms with Crippen LogP contribution >= 0.6 is 23.1 Å². The standard InChI is InChI=1S/C24H23N3O3S2/c1-14-15(2)31-22-19(14)23(29)27(3)24(26-22)32-20(16-9-6-5-7-10-16)21(28)25-17-11-8-12-18(13-17)30-4/h5-13,20H,1-4H3,(H,25,28). The third-order valence-corrected chi connectivity index (χ3v) is 7.67. The number of thiophene rings is 1. The summed E-state index contributed by atoms with van der Waals surface area (Å²) in [6.07, 6.45) is 0. The van der Waals surface area contributed by atoms with Gasteiger partial charge in [0, 0.05) is 23.7 Å². The van der Waals surface area contributed by atoms with Crippen LogP contribution in [0.5, 0.6) is 5.75 Å². The summed E-state index contributed by atoms with van der Waals surface area (Å²) in [4.78, 5) is 32.9. The van der Waals surface area contributed by atoms with Crippen molar-refractivity contribution in [1.82, 2.24) is 9.55 Å². The fourth-order valence-corrected chi connectivity index (χ4v) is 5.51. The Morgan fingerprint density at radius 2 is 1.91 bits per heavy atom. The SMILES string of the molecule is COc1cccc(NC(=O)C(Sc2nc3sc(C)c(C)c3c(=O)n2C)c2ccccc2)c1. The van der Waals surface area contributed by atoms with Crippen molar-refractivity contribution in [3.05, 3.63) is 81.0 Å². The Hall–Kier alpha value is -3.10. The van der Waals surface area contributed by atoms with Crippen molar-refractivity contribution in [2.45, 2.75) is 24.3 Å². The van der Waals surface area contributed by atoms with Gasteiger partial charge in [-0.1, -0.05) is 48.2 Å². The largest absolute Gasteiger partial charge is 0.497 e. The summed E-state index contributed by atoms with van der Waals surface area (Å²) in [6, 6.07) is 16.7. The third kappa shape index (κ3) is 4.28. The van der Waals surface area contributed by atoms with Gasteiger partial charge in [0.1, 0.15) is 15.8 Å². The Bertz CT molecular complexity index is 1350. The highest BCUT2D eigenvalue weighted by molar-refractivity contribution is 8.00. The lowest BCUT2D eigenvalue weighted by Crippen LogP contribution is -2.23. The number of carbonyl (C=O) groups excluding carboxylic acids is 1. The minimum atomic E-state index is -0.597. The lowest BCUT2D eigenvalue weighted by Gasteiger charge is -2.18. The number of hydrogen-bond donors (Lipinski definition) is 1. The maximum absolute atomic E-state index is 13.3. The quantitative estimate of drug-likeness (QED) is 0.317. The summed E-state index contributed by atoms with van der Waals surface area (Å²) < 4.78 is 6.78. The topological polar surface area (TPSA) is 73.2 Å². The van der Waals surface area contributed by atoms with Gasteiger partial charge in [0.25, 0.3) is 5.56 Å². The number of ether oxygens (including phenoxy) is 1. The second-order valence-electron chi connectivity index (χ2n) is 7.35. The number of thioether (sulfide) groups is 1. The Labute approximate surface area is 194 Å². The van der Waals surface area contributed by atoms with E-state index in [0.717, 1.165) is 16.0 Å². The minimum Gasteiger partial charge on any atom is -0.497 e. The van der Waals surface area contributed by atoms with Crippen LogP contribution in [-0.4, -0.2) is 22.6 Å². The molecule has 0 fully saturated rings. The van der Waals surface area contributed by atoms with Crippen LogP contribution in [0.25, 0.3) is 10.2 Å². The molecular weight excluding hydrogens is 442 g/mol. The number of fused-ring (bicyclic) bond motifs is 1. The van der Waals surface area contributed by atoms with Crippen LogP contribution in [0, 0.1) is 13.8 Å². The number of aryl methyl sites for hydroxylation is 2. The molecule has 1 unspecified atom stereocenters. The van der Waals surface area contributed by atoms with Crippen LogP contribution in [-0.2, 0) is 11.8 Å². The second-order valence-corrected chi connectivity index (χ2v) is 9.63. The summed E-state index contributed by atoms with van der Waals surface area (Å²) in [6.45, 7) is 3.93. The molecule has 0 aliphatic heterocycles. The van der Waals surface area contributed by atoms with Gasteiger partial charge in [-0.2, -0.15) is 0 Å². The van der Waals surface area contributed by atoms with Crippen LogP contribution in [0.4, 0.5) is 5.69 Å². The fraction of sp³-hybridized carbons (Fsp3) is 0.208. The normalized spacial score (nSPS) is 12.0. The molecule has 6 nitrogen and oxygen atoms in total. The first-order chi connectivity index (χ1) is 15.4. The zero-order chi connectivity index (χ0) is 22.8. The number of nitrogens with one attached hydrogen (secondary N) is 1. The number of methoxy groups -OCH3 is 1. The smallest absolute Gasteiger partial charge is 0.262 e. The predicted molar refractivity (Wildman–Crippen MR) is 131 cm³/mol. The molecule has 164 valence electrons. The van der Waals surface area contributed by atoms with Gasteiger partial charge in [0.2, 0.25) is 5.91 Å². The number of carbonyl (C=O) groups is 1. The van der Waals surface area contributed by atoms with Gasteiger partial charge in [-0.15, -0.1) is 11.3 Å². The van der Waals surface area contributed by atoms with Gasteiger partial charge in [-0.05, 0) is 37.1 Å². The van der Waals surface area contributed by atoms with E-state index in [0.29, 0.717) is 26.8 Å². The number of nitrogens with zero attached hydrogens (tertiary/aromatic N) is 2. The summed E-state index contributed by atoms with van der Waals surface area (Å²) in [5.74, 6) is 0.451. The first-order valence-corrected chi connectivity index (χ1v) is 11.7. The molecule has 2 aromatic carbocycles. The predicted octanol–water partition coefficient (Wildman–Crippen LogP) is 5.09. The molecule has 0 aliphatic rings. The Morgan fingerprint density at radius 3 is 2.62 bits per heavy atom. The molecule has 0 aliphatic carbocycles. The monoisotopic (exact) mass is 465 g/mol. The molecule has 1 N–H and O–H groups in total. The molecule has 32 heavy (non-hydrogen) atoms. The summed E-state index contributed by atoms with van der Waals surface area (Å²) >= 11 is 2.77. The van der Waals surface area contributed by atoms with Crippen molar-refractivity contribution < 1.29 is 9.53 Å². The van der Waals surface area contributed by atoms with E-state index in [1.54, 1.807) is 20.2 Å². The molecule has 2 aromatic heterocycles. The summed E-state index contributed by atoms with van der Waals surface area (Å²) in [5, 5.41) is 3.52. The van der Waals surface area contributed by atoms with E-state index in [2.05, 4.69) is 5.32 Å². The highest BCUT2D eigenvalue weighted by Crippen LogP contribution is 2.36. The van der Waals surface area contributed by atoms with E-state index in [1.165, 1.54) is 27.7 Å². The molecule has 4 aromatic rings. The summed E-state index contributed by atoms with van der Waals surface area (Å²) in [7, 11) is 3.28. The molecule has 0 saturated carbocycles. The highest BCUT2D eigenvalue weighted by atomic mass is 32.2. The lowest BCUT2D eigenvalue weighted by atomic mass is 10.1. The maximum atomic E-state index is 13.3. The number of hydrogen-bond acceptors (Lipinski definition) is 6. The zero-order valence-corrected chi connectivity index (χ0v) is 19.8. The molecule has 0 radical (unpaired) electrons. The van der Waals surface area contributed by atoms with Gasteiger partial charge >= 0.3 is 0 Å². The number of aromatic nitrogens is 2. The van der Waals surface area contributed by atoms with Gasteiger partial charge in [-0.3, -0.25) is 14.2 Å². The number of rotatable bonds is 6. The molecule has 4 rings (SSSR count). The van der Waals surface area contributed by atoms with E-state index in [9.17, 15) is 9.59 Å². The first-order valence-electron chi connectivity index (χ1n) is 10.0. The van der Waals surface area contributed by atoms with E-state index in [-0.39, 0.29) is 11.5 Å². The zero-order valence-electron chi connectivity index (χ0n) is 18.2. The first kappa shape index (κ1) is 22.1. The van der Waals surface area contributed by atoms with E-state index in [1.807, 2.05) is 62.4 Å². The maximum Gasteiger partial charge on any atom is 0.262 e. The summed E-state index contributed by atoms with van der Waals surface area (Å²) in [5.41, 5.74) is 2.33. The average molecular weight is 466 g/mol. The molecule has 2 heterocycles. The van der Waals surface area contributed by atoms with Crippen LogP contribution < -0.4 is 15.6 Å². The molecule has 0 spiro atoms. The Morgan fingerprint density at radius 1 is 1.16 bits per heavy atom. The lowest BCUT2D eigenvalue weighted by molar-refractivity contribution is -0.115. The molecule has 1 amide bonds. The average Bonchev–Trinajstić information content (AvgIpc) is 3.09. The number of anilines is 1. The molecule has 8 heteroatoms. The molecular formula is C24H23N3O3S2. The third-order valence-electron chi connectivity index (χ3n) is 5.27. The molecule has 0 bridgehead atoms. The van der Waals surface area contributed by atoms with Gasteiger partial charge in [-0.25, -0.2) is 4.98 Å². The van der Waals surface area contributed by atoms with Crippen molar-refractivity contribution >= 4 is 44.9 Å². The van der Waals surface area contributed by atoms with Gasteiger partial charge < -0.3 is 10.1 Å². The van der Waals surface area contributed by atoms with Crippen LogP contribution in [0.3, 0.4) is 0 Å². The van der Waals surface area contributed by atoms with Crippen LogP contribution in [0.1, 0.15) is 21.3 Å². The minimum absolute atomic E-state index is 0.0978. The van der Waals surface area contributed by atoms with E-state index in [4.69, 9.17) is 9.72 Å². The van der Waals surface area contributed by atoms with Crippen molar-refractivity contribution in [1.29, 1.82) is 0 Å². The van der Waals surface area contributed by atoms with E-state index < -0.39 is 5.25 Å². The molecule has 1 atom stereocenters. The highest BCUT2D eigenvalue weighted by Gasteiger charge is 2.25. The van der Waals surface area contributed by atoms with Gasteiger partial charge in [0.05, 0.1) is 12.5 Å². The Kier molecular flexibility index (Phi) is 6.34. The van der Waals surface area contributed by atoms with Gasteiger partial charge in [0.15, 0.2) is 5.16 Å². The van der Waals surface area contributed by atoms with Crippen molar-refractivity contribution in [2.24, 2.45) is 7.05 Å². The van der Waals surface area contributed by atoms with E-state index >= 15 is 0 Å². The molecule has 0 saturated heterocycles. The van der Waals surface area contributed by atoms with Crippen molar-refractivity contribution in [3.8, 4) is 5.75 Å². The van der Waals surface area contributed by atoms with Crippen LogP contribution in [0.2, 0.25) is 0 Å². The fourth-order valence-electron chi connectivity index (χ4n) is 3.38. The Balaban J connectivity index is 1.73. The van der Waals surface area contributed by atoms with Crippen molar-refractivity contribution in [2.75, 3.05) is 12.4 Å². The number of amides is 1. The van der Waals surface area contributed by atoms with Crippen molar-refractivity contribution in [3.63, 3.8) is 0 Å². The second kappa shape index (κ2) is 9.18. The number of benzene rings is 2. The van der Waals surface area contributed by atoms with Crippen LogP contribution in [0.15, 0.2) is 64.5 Å².